The molecule has 1 fully saturated rings. The Balaban J connectivity index is 1.93. The van der Waals surface area contributed by atoms with Crippen LogP contribution in [0, 0.1) is 17.8 Å². The highest BCUT2D eigenvalue weighted by molar-refractivity contribution is 5.67. The first kappa shape index (κ1) is 51.0. The fourth-order valence-electron chi connectivity index (χ4n) is 9.36. The average Bonchev–Trinajstić information content (AvgIpc) is 3.43. The van der Waals surface area contributed by atoms with Crippen LogP contribution in [0.1, 0.15) is 133 Å². The Labute approximate surface area is 368 Å². The molecule has 11 atom stereocenters. The molecule has 12 nitrogen and oxygen atoms in total. The van der Waals surface area contributed by atoms with Gasteiger partial charge in [0.1, 0.15) is 5.75 Å². The van der Waals surface area contributed by atoms with E-state index in [0.717, 1.165) is 47.9 Å². The predicted octanol–water partition coefficient (Wildman–Crippen LogP) is 4.98. The van der Waals surface area contributed by atoms with Gasteiger partial charge in [0.05, 0.1) is 36.6 Å². The van der Waals surface area contributed by atoms with E-state index in [1.165, 1.54) is 0 Å². The van der Waals surface area contributed by atoms with Crippen LogP contribution >= 0.6 is 0 Å². The normalized spacial score (nSPS) is 26.0. The smallest absolute Gasteiger partial charge is 0.303 e. The van der Waals surface area contributed by atoms with Crippen molar-refractivity contribution in [3.05, 3.63) is 88.5 Å². The van der Waals surface area contributed by atoms with Crippen LogP contribution in [-0.4, -0.2) is 119 Å². The maximum atomic E-state index is 12.9. The predicted molar refractivity (Wildman–Crippen MR) is 241 cm³/mol. The van der Waals surface area contributed by atoms with E-state index >= 15 is 0 Å². The average molecular weight is 863 g/mol. The number of aromatic hydroxyl groups is 1. The van der Waals surface area contributed by atoms with E-state index in [-0.39, 0.29) is 56.4 Å². The molecule has 0 aliphatic carbocycles. The van der Waals surface area contributed by atoms with Crippen LogP contribution in [0.25, 0.3) is 0 Å². The van der Waals surface area contributed by atoms with Crippen LogP contribution in [0.2, 0.25) is 0 Å². The molecule has 4 rings (SSSR count). The van der Waals surface area contributed by atoms with Crippen LogP contribution in [-0.2, 0) is 11.2 Å². The summed E-state index contributed by atoms with van der Waals surface area (Å²) in [4.78, 5) is 12.0. The van der Waals surface area contributed by atoms with Crippen molar-refractivity contribution in [1.29, 1.82) is 0 Å². The standard InChI is InChI=1S/C50H74N2O10/c1-4-5-17-44(57)45(58)27-23-36-20-19-35-13-7-6-12-34(35)14-9-18-47(50(3,62)42(16-10-29-53)37-21-24-39(55)25-22-37)52-43(41(36)31-40(56)32-54)26-28-46(59)49-38(30-48(60)61)15-8-11-33(2)51-49/h6-7,12-13,21-25,27,33,38,40,42-47,49,51-59,62H,4-5,8,10-11,15-20,26,28-32H2,1-3H3,(H,60,61)/b27-23+,41-36+/t33-,38+,40-,42+,43-,44-,45+,46-,47+,49+,50-/m0/s1. The summed E-state index contributed by atoms with van der Waals surface area (Å²) in [5.74, 6) is 5.01. The first-order valence-electron chi connectivity index (χ1n) is 22.8. The third-order valence-corrected chi connectivity index (χ3v) is 13.0. The van der Waals surface area contributed by atoms with Crippen molar-refractivity contribution in [1.82, 2.24) is 10.6 Å². The van der Waals surface area contributed by atoms with E-state index < -0.39 is 66.6 Å². The molecule has 2 aliphatic rings. The molecule has 0 spiro atoms. The number of hydrogen-bond donors (Lipinski definition) is 11. The number of aliphatic hydroxyl groups excluding tert-OH is 6. The lowest BCUT2D eigenvalue weighted by Gasteiger charge is -2.42. The van der Waals surface area contributed by atoms with Crippen molar-refractivity contribution < 1.29 is 50.8 Å². The summed E-state index contributed by atoms with van der Waals surface area (Å²) in [5.41, 5.74) is 2.44. The Hall–Kier alpha value is -3.61. The highest BCUT2D eigenvalue weighted by Crippen LogP contribution is 2.38. The minimum absolute atomic E-state index is 0.00681. The monoisotopic (exact) mass is 863 g/mol. The number of allylic oxidation sites excluding steroid dienone is 2. The molecule has 2 aromatic carbocycles. The van der Waals surface area contributed by atoms with Crippen LogP contribution in [0.4, 0.5) is 0 Å². The number of hydrogen-bond acceptors (Lipinski definition) is 11. The minimum atomic E-state index is -1.54. The number of aliphatic carboxylic acids is 1. The molecule has 0 unspecified atom stereocenters. The van der Waals surface area contributed by atoms with Gasteiger partial charge in [0.25, 0.3) is 0 Å². The van der Waals surface area contributed by atoms with Crippen LogP contribution in [0.15, 0.2) is 71.8 Å². The maximum absolute atomic E-state index is 12.9. The number of unbranched alkanes of at least 4 members (excludes halogenated alkanes) is 1. The van der Waals surface area contributed by atoms with Crippen molar-refractivity contribution in [2.24, 2.45) is 5.92 Å². The lowest BCUT2D eigenvalue weighted by molar-refractivity contribution is -0.138. The second kappa shape index (κ2) is 25.6. The lowest BCUT2D eigenvalue weighted by Crippen LogP contribution is -2.56. The van der Waals surface area contributed by atoms with Gasteiger partial charge < -0.3 is 56.6 Å². The van der Waals surface area contributed by atoms with Gasteiger partial charge in [0.15, 0.2) is 0 Å². The van der Waals surface area contributed by atoms with Gasteiger partial charge in [0, 0.05) is 55.1 Å². The highest BCUT2D eigenvalue weighted by atomic mass is 16.4. The third kappa shape index (κ3) is 15.3. The Morgan fingerprint density at radius 1 is 0.968 bits per heavy atom. The van der Waals surface area contributed by atoms with E-state index in [2.05, 4.69) is 22.5 Å². The van der Waals surface area contributed by atoms with Crippen molar-refractivity contribution in [3.8, 4) is 17.6 Å². The molecule has 62 heavy (non-hydrogen) atoms. The summed E-state index contributed by atoms with van der Waals surface area (Å²) >= 11 is 0. The molecule has 344 valence electrons. The van der Waals surface area contributed by atoms with Crippen molar-refractivity contribution in [2.75, 3.05) is 13.2 Å². The first-order valence-corrected chi connectivity index (χ1v) is 22.8. The maximum Gasteiger partial charge on any atom is 0.303 e. The molecule has 2 heterocycles. The van der Waals surface area contributed by atoms with Gasteiger partial charge in [-0.2, -0.15) is 0 Å². The molecule has 1 saturated heterocycles. The van der Waals surface area contributed by atoms with E-state index in [0.29, 0.717) is 44.1 Å². The van der Waals surface area contributed by atoms with Crippen molar-refractivity contribution >= 4 is 5.97 Å². The largest absolute Gasteiger partial charge is 0.508 e. The van der Waals surface area contributed by atoms with E-state index in [1.807, 2.05) is 38.1 Å². The van der Waals surface area contributed by atoms with Gasteiger partial charge in [-0.05, 0) is 124 Å². The zero-order valence-electron chi connectivity index (χ0n) is 37.0. The summed E-state index contributed by atoms with van der Waals surface area (Å²) in [6.45, 7) is 5.15. The summed E-state index contributed by atoms with van der Waals surface area (Å²) < 4.78 is 0. The third-order valence-electron chi connectivity index (χ3n) is 13.0. The molecule has 2 aliphatic heterocycles. The fourth-order valence-corrected chi connectivity index (χ4v) is 9.36. The number of carboxylic acids is 1. The van der Waals surface area contributed by atoms with E-state index in [1.54, 1.807) is 43.3 Å². The summed E-state index contributed by atoms with van der Waals surface area (Å²) in [6.07, 6.45) is 5.73. The quantitative estimate of drug-likeness (QED) is 0.0748. The topological polar surface area (TPSA) is 223 Å². The van der Waals surface area contributed by atoms with Gasteiger partial charge in [0.2, 0.25) is 0 Å². The van der Waals surface area contributed by atoms with Gasteiger partial charge in [-0.25, -0.2) is 0 Å². The Kier molecular flexibility index (Phi) is 21.1. The van der Waals surface area contributed by atoms with Gasteiger partial charge >= 0.3 is 5.97 Å². The highest BCUT2D eigenvalue weighted by Gasteiger charge is 2.42. The van der Waals surface area contributed by atoms with Crippen molar-refractivity contribution in [2.45, 2.75) is 177 Å². The second-order valence-corrected chi connectivity index (χ2v) is 17.8. The lowest BCUT2D eigenvalue weighted by atomic mass is 9.74. The SMILES string of the molecule is CCCC[C@H](O)[C@H](O)/C=C/C1=C(\C[C@H](O)CO)[C@H](CC[C@H](O)[C@@H]2N[C@@H](C)CCC[C@@H]2CC(=O)O)N[C@@H]([C@@](C)(O)[C@H](CCCO)c2ccc(O)cc2)CC#Cc2ccccc2CC1. The molecular formula is C50H74N2O10. The Bertz CT molecular complexity index is 1790. The molecular weight excluding hydrogens is 789 g/mol. The molecule has 0 amide bonds. The van der Waals surface area contributed by atoms with Gasteiger partial charge in [-0.3, -0.25) is 4.79 Å². The molecule has 0 aromatic heterocycles. The zero-order valence-corrected chi connectivity index (χ0v) is 37.0. The zero-order chi connectivity index (χ0) is 45.2. The number of aliphatic hydroxyl groups is 7. The fraction of sp³-hybridized carbons (Fsp3) is 0.620. The van der Waals surface area contributed by atoms with E-state index in [4.69, 9.17) is 0 Å². The molecule has 12 heteroatoms. The Morgan fingerprint density at radius 2 is 1.71 bits per heavy atom. The molecule has 0 radical (unpaired) electrons. The number of phenols is 1. The van der Waals surface area contributed by atoms with Gasteiger partial charge in [-0.1, -0.05) is 80.5 Å². The summed E-state index contributed by atoms with van der Waals surface area (Å²) in [5, 5.41) is 106. The van der Waals surface area contributed by atoms with Crippen LogP contribution < -0.4 is 10.6 Å². The Morgan fingerprint density at radius 3 is 2.40 bits per heavy atom. The van der Waals surface area contributed by atoms with E-state index in [9.17, 15) is 50.8 Å². The number of nitrogens with one attached hydrogen (secondary N) is 2. The molecule has 11 N–H and O–H groups in total. The number of rotatable bonds is 21. The molecule has 0 saturated carbocycles. The first-order chi connectivity index (χ1) is 29.7. The number of aryl methyl sites for hydroxylation is 1. The van der Waals surface area contributed by atoms with Crippen LogP contribution in [0.5, 0.6) is 5.75 Å². The number of carbonyl (C=O) groups is 1. The number of benzene rings is 2. The summed E-state index contributed by atoms with van der Waals surface area (Å²) in [6, 6.07) is 12.6. The van der Waals surface area contributed by atoms with Crippen LogP contribution in [0.3, 0.4) is 0 Å². The van der Waals surface area contributed by atoms with Gasteiger partial charge in [-0.15, -0.1) is 0 Å². The number of fused-ring (bicyclic) bond motifs is 1. The molecule has 2 aromatic rings. The number of carboxylic acid groups (broad SMARTS) is 1. The second-order valence-electron chi connectivity index (χ2n) is 17.8. The molecule has 0 bridgehead atoms. The summed E-state index contributed by atoms with van der Waals surface area (Å²) in [7, 11) is 0. The number of phenolic OH excluding ortho intramolecular Hbond substituents is 1. The van der Waals surface area contributed by atoms with Crippen molar-refractivity contribution in [3.63, 3.8) is 0 Å². The minimum Gasteiger partial charge on any atom is -0.508 e.